The van der Waals surface area contributed by atoms with Gasteiger partial charge < -0.3 is 10.1 Å². The van der Waals surface area contributed by atoms with Crippen LogP contribution < -0.4 is 5.32 Å². The quantitative estimate of drug-likeness (QED) is 0.680. The van der Waals surface area contributed by atoms with Crippen molar-refractivity contribution in [1.29, 1.82) is 0 Å². The number of nitrogens with zero attached hydrogens (tertiary/aromatic N) is 1. The molecule has 0 bridgehead atoms. The van der Waals surface area contributed by atoms with Gasteiger partial charge in [0.1, 0.15) is 0 Å². The predicted molar refractivity (Wildman–Crippen MR) is 57.8 cm³/mol. The van der Waals surface area contributed by atoms with Gasteiger partial charge in [0.05, 0.1) is 18.6 Å². The van der Waals surface area contributed by atoms with E-state index in [0.717, 1.165) is 19.4 Å². The van der Waals surface area contributed by atoms with E-state index in [1.54, 1.807) is 0 Å². The zero-order valence-corrected chi connectivity index (χ0v) is 9.57. The fourth-order valence-electron chi connectivity index (χ4n) is 2.25. The van der Waals surface area contributed by atoms with Crippen LogP contribution in [0.15, 0.2) is 0 Å². The summed E-state index contributed by atoms with van der Waals surface area (Å²) in [6.45, 7) is 3.76. The van der Waals surface area contributed by atoms with Crippen molar-refractivity contribution in [2.45, 2.75) is 38.3 Å². The van der Waals surface area contributed by atoms with Crippen LogP contribution in [0.5, 0.6) is 0 Å². The van der Waals surface area contributed by atoms with Crippen LogP contribution in [0, 0.1) is 0 Å². The first kappa shape index (κ1) is 11.5. The Bertz CT molecular complexity index is 287. The van der Waals surface area contributed by atoms with Gasteiger partial charge in [-0.2, -0.15) is 0 Å². The molecule has 0 aromatic carbocycles. The van der Waals surface area contributed by atoms with E-state index in [-0.39, 0.29) is 24.0 Å². The van der Waals surface area contributed by atoms with Crippen LogP contribution in [0.1, 0.15) is 26.2 Å². The van der Waals surface area contributed by atoms with Gasteiger partial charge in [0.15, 0.2) is 0 Å². The molecule has 0 radical (unpaired) electrons. The number of carbonyl (C=O) groups excluding carboxylic acids is 2. The average Bonchev–Trinajstić information content (AvgIpc) is 2.85. The van der Waals surface area contributed by atoms with Gasteiger partial charge in [0.2, 0.25) is 11.8 Å². The summed E-state index contributed by atoms with van der Waals surface area (Å²) in [6, 6.07) is -0.336. The predicted octanol–water partition coefficient (Wildman–Crippen LogP) is -0.0976. The maximum atomic E-state index is 11.8. The minimum absolute atomic E-state index is 0.0719. The standard InChI is InChI=1S/C11H18N2O3/c1-2-13-10(14)6-9(11(13)15)12-7-8-4-3-5-16-8/h8-9,12H,2-7H2,1H3. The lowest BCUT2D eigenvalue weighted by atomic mass is 10.2. The molecule has 0 saturated carbocycles. The Kier molecular flexibility index (Phi) is 3.56. The van der Waals surface area contributed by atoms with Crippen LogP contribution in [0.3, 0.4) is 0 Å². The molecule has 90 valence electrons. The molecule has 2 amide bonds. The molecule has 0 aromatic rings. The molecule has 0 spiro atoms. The van der Waals surface area contributed by atoms with Gasteiger partial charge in [-0.1, -0.05) is 0 Å². The Balaban J connectivity index is 1.82. The van der Waals surface area contributed by atoms with Gasteiger partial charge in [0.25, 0.3) is 0 Å². The van der Waals surface area contributed by atoms with Crippen molar-refractivity contribution in [2.24, 2.45) is 0 Å². The maximum Gasteiger partial charge on any atom is 0.246 e. The minimum Gasteiger partial charge on any atom is -0.377 e. The van der Waals surface area contributed by atoms with Crippen molar-refractivity contribution in [3.63, 3.8) is 0 Å². The van der Waals surface area contributed by atoms with Crippen molar-refractivity contribution >= 4 is 11.8 Å². The summed E-state index contributed by atoms with van der Waals surface area (Å²) < 4.78 is 5.46. The first-order valence-corrected chi connectivity index (χ1v) is 5.91. The second kappa shape index (κ2) is 4.93. The normalized spacial score (nSPS) is 30.4. The number of nitrogens with one attached hydrogen (secondary N) is 1. The highest BCUT2D eigenvalue weighted by atomic mass is 16.5. The first-order chi connectivity index (χ1) is 7.72. The SMILES string of the molecule is CCN1C(=O)CC(NCC2CCCO2)C1=O. The highest BCUT2D eigenvalue weighted by Crippen LogP contribution is 2.15. The molecule has 2 fully saturated rings. The highest BCUT2D eigenvalue weighted by Gasteiger charge is 2.37. The lowest BCUT2D eigenvalue weighted by Gasteiger charge is -2.15. The molecule has 2 atom stereocenters. The Morgan fingerprint density at radius 3 is 2.88 bits per heavy atom. The van der Waals surface area contributed by atoms with E-state index in [1.165, 1.54) is 4.90 Å². The molecule has 2 rings (SSSR count). The second-order valence-corrected chi connectivity index (χ2v) is 4.28. The fraction of sp³-hybridized carbons (Fsp3) is 0.818. The topological polar surface area (TPSA) is 58.6 Å². The lowest BCUT2D eigenvalue weighted by Crippen LogP contribution is -2.41. The molecule has 2 saturated heterocycles. The largest absolute Gasteiger partial charge is 0.377 e. The van der Waals surface area contributed by atoms with Crippen molar-refractivity contribution < 1.29 is 14.3 Å². The number of rotatable bonds is 4. The van der Waals surface area contributed by atoms with Gasteiger partial charge in [-0.3, -0.25) is 14.5 Å². The maximum absolute atomic E-state index is 11.8. The Hall–Kier alpha value is -0.940. The Morgan fingerprint density at radius 2 is 2.31 bits per heavy atom. The summed E-state index contributed by atoms with van der Waals surface area (Å²) in [6.07, 6.45) is 2.63. The number of likely N-dealkylation sites (tertiary alicyclic amines) is 1. The first-order valence-electron chi connectivity index (χ1n) is 5.91. The van der Waals surface area contributed by atoms with E-state index < -0.39 is 0 Å². The van der Waals surface area contributed by atoms with Crippen molar-refractivity contribution in [3.8, 4) is 0 Å². The molecular weight excluding hydrogens is 208 g/mol. The second-order valence-electron chi connectivity index (χ2n) is 4.28. The summed E-state index contributed by atoms with van der Waals surface area (Å²) in [4.78, 5) is 24.5. The number of ether oxygens (including phenoxy) is 1. The van der Waals surface area contributed by atoms with Crippen LogP contribution >= 0.6 is 0 Å². The van der Waals surface area contributed by atoms with Gasteiger partial charge >= 0.3 is 0 Å². The summed E-state index contributed by atoms with van der Waals surface area (Å²) >= 11 is 0. The average molecular weight is 226 g/mol. The smallest absolute Gasteiger partial charge is 0.246 e. The molecule has 0 aliphatic carbocycles. The van der Waals surface area contributed by atoms with Gasteiger partial charge in [0, 0.05) is 19.7 Å². The summed E-state index contributed by atoms with van der Waals surface area (Å²) in [7, 11) is 0. The van der Waals surface area contributed by atoms with E-state index in [1.807, 2.05) is 6.92 Å². The molecule has 2 unspecified atom stereocenters. The van der Waals surface area contributed by atoms with Crippen LogP contribution in [-0.4, -0.2) is 48.6 Å². The Morgan fingerprint density at radius 1 is 1.50 bits per heavy atom. The lowest BCUT2D eigenvalue weighted by molar-refractivity contribution is -0.138. The van der Waals surface area contributed by atoms with E-state index >= 15 is 0 Å². The Labute approximate surface area is 95.1 Å². The minimum atomic E-state index is -0.336. The van der Waals surface area contributed by atoms with Crippen LogP contribution in [0.25, 0.3) is 0 Å². The van der Waals surface area contributed by atoms with Crippen molar-refractivity contribution in [3.05, 3.63) is 0 Å². The number of amides is 2. The van der Waals surface area contributed by atoms with Crippen LogP contribution in [0.4, 0.5) is 0 Å². The molecule has 0 aromatic heterocycles. The van der Waals surface area contributed by atoms with Crippen molar-refractivity contribution in [2.75, 3.05) is 19.7 Å². The monoisotopic (exact) mass is 226 g/mol. The number of hydrogen-bond donors (Lipinski definition) is 1. The van der Waals surface area contributed by atoms with Crippen LogP contribution in [0.2, 0.25) is 0 Å². The third kappa shape index (κ3) is 2.25. The van der Waals surface area contributed by atoms with Gasteiger partial charge in [-0.25, -0.2) is 0 Å². The molecule has 2 aliphatic heterocycles. The molecule has 5 heteroatoms. The van der Waals surface area contributed by atoms with Gasteiger partial charge in [-0.15, -0.1) is 0 Å². The third-order valence-corrected chi connectivity index (χ3v) is 3.18. The summed E-state index contributed by atoms with van der Waals surface area (Å²) in [5.41, 5.74) is 0. The third-order valence-electron chi connectivity index (χ3n) is 3.18. The molecule has 16 heavy (non-hydrogen) atoms. The van der Waals surface area contributed by atoms with E-state index in [2.05, 4.69) is 5.32 Å². The van der Waals surface area contributed by atoms with E-state index in [4.69, 9.17) is 4.74 Å². The molecule has 5 nitrogen and oxygen atoms in total. The zero-order chi connectivity index (χ0) is 11.5. The molecule has 2 heterocycles. The molecule has 2 aliphatic rings. The zero-order valence-electron chi connectivity index (χ0n) is 9.57. The summed E-state index contributed by atoms with van der Waals surface area (Å²) in [5, 5.41) is 3.13. The van der Waals surface area contributed by atoms with Crippen molar-refractivity contribution in [1.82, 2.24) is 10.2 Å². The van der Waals surface area contributed by atoms with Gasteiger partial charge in [-0.05, 0) is 19.8 Å². The van der Waals surface area contributed by atoms with E-state index in [9.17, 15) is 9.59 Å². The van der Waals surface area contributed by atoms with E-state index in [0.29, 0.717) is 19.5 Å². The highest BCUT2D eigenvalue weighted by molar-refractivity contribution is 6.05. The number of hydrogen-bond acceptors (Lipinski definition) is 4. The number of likely N-dealkylation sites (N-methyl/N-ethyl adjacent to an activating group) is 1. The molecular formula is C11H18N2O3. The number of imide groups is 1. The summed E-state index contributed by atoms with van der Waals surface area (Å²) in [5.74, 6) is -0.164. The molecule has 1 N–H and O–H groups in total. The fourth-order valence-corrected chi connectivity index (χ4v) is 2.25. The van der Waals surface area contributed by atoms with Crippen LogP contribution in [-0.2, 0) is 14.3 Å². The number of carbonyl (C=O) groups is 2.